The molecule has 7 heteroatoms. The summed E-state index contributed by atoms with van der Waals surface area (Å²) in [6.45, 7) is 2.65. The molecule has 0 aliphatic rings. The number of methoxy groups -OCH3 is 1. The number of carbonyl (C=O) groups excluding carboxylic acids is 2. The van der Waals surface area contributed by atoms with Gasteiger partial charge < -0.3 is 14.2 Å². The second-order valence-corrected chi connectivity index (χ2v) is 7.92. The Balaban J connectivity index is 2.14. The van der Waals surface area contributed by atoms with Crippen LogP contribution in [-0.4, -0.2) is 19.0 Å². The molecule has 0 aliphatic heterocycles. The molecule has 28 heavy (non-hydrogen) atoms. The maximum atomic E-state index is 11.6. The fourth-order valence-corrected chi connectivity index (χ4v) is 3.78. The van der Waals surface area contributed by atoms with Crippen molar-refractivity contribution in [3.05, 3.63) is 53.0 Å². The Bertz CT molecular complexity index is 1050. The number of hydrogen-bond donors (Lipinski definition) is 0. The monoisotopic (exact) mass is 460 g/mol. The van der Waals surface area contributed by atoms with Crippen LogP contribution in [0.15, 0.2) is 62.8 Å². The number of hydrogen-bond acceptors (Lipinski definition) is 6. The predicted octanol–water partition coefficient (Wildman–Crippen LogP) is 5.61. The van der Waals surface area contributed by atoms with Crippen LogP contribution in [0, 0.1) is 0 Å². The SMILES string of the molecule is COc1cc(OC(C)=O)c2cc(Sc3ccc(Br)cc3)ccc2c1OC(C)=O. The lowest BCUT2D eigenvalue weighted by atomic mass is 10.1. The first-order valence-electron chi connectivity index (χ1n) is 8.32. The molecule has 0 amide bonds. The van der Waals surface area contributed by atoms with E-state index in [1.807, 2.05) is 42.5 Å². The lowest BCUT2D eigenvalue weighted by Crippen LogP contribution is -2.06. The molecule has 3 rings (SSSR count). The Morgan fingerprint density at radius 1 is 0.821 bits per heavy atom. The van der Waals surface area contributed by atoms with Gasteiger partial charge in [0.1, 0.15) is 5.75 Å². The van der Waals surface area contributed by atoms with Gasteiger partial charge in [0, 0.05) is 44.9 Å². The molecule has 0 fully saturated rings. The third-order valence-electron chi connectivity index (χ3n) is 3.76. The van der Waals surface area contributed by atoms with Gasteiger partial charge >= 0.3 is 11.9 Å². The van der Waals surface area contributed by atoms with Gasteiger partial charge in [0.05, 0.1) is 7.11 Å². The van der Waals surface area contributed by atoms with Crippen LogP contribution < -0.4 is 14.2 Å². The van der Waals surface area contributed by atoms with Gasteiger partial charge in [-0.3, -0.25) is 9.59 Å². The van der Waals surface area contributed by atoms with Crippen molar-refractivity contribution in [3.63, 3.8) is 0 Å². The predicted molar refractivity (Wildman–Crippen MR) is 111 cm³/mol. The highest BCUT2D eigenvalue weighted by Crippen LogP contribution is 2.43. The van der Waals surface area contributed by atoms with Crippen molar-refractivity contribution < 1.29 is 23.8 Å². The van der Waals surface area contributed by atoms with Crippen molar-refractivity contribution in [2.24, 2.45) is 0 Å². The van der Waals surface area contributed by atoms with Crippen molar-refractivity contribution >= 4 is 50.4 Å². The van der Waals surface area contributed by atoms with E-state index in [4.69, 9.17) is 14.2 Å². The molecule has 0 saturated heterocycles. The highest BCUT2D eigenvalue weighted by molar-refractivity contribution is 9.10. The van der Waals surface area contributed by atoms with Crippen molar-refractivity contribution in [1.29, 1.82) is 0 Å². The van der Waals surface area contributed by atoms with Crippen LogP contribution in [0.5, 0.6) is 17.2 Å². The van der Waals surface area contributed by atoms with E-state index in [2.05, 4.69) is 15.9 Å². The molecule has 5 nitrogen and oxygen atoms in total. The van der Waals surface area contributed by atoms with Gasteiger partial charge in [0.2, 0.25) is 0 Å². The van der Waals surface area contributed by atoms with Crippen LogP contribution in [0.25, 0.3) is 10.8 Å². The minimum atomic E-state index is -0.465. The molecule has 3 aromatic carbocycles. The van der Waals surface area contributed by atoms with E-state index in [1.54, 1.807) is 17.8 Å². The van der Waals surface area contributed by atoms with Crippen LogP contribution in [-0.2, 0) is 9.59 Å². The molecule has 0 radical (unpaired) electrons. The normalized spacial score (nSPS) is 10.6. The molecule has 0 spiro atoms. The zero-order valence-electron chi connectivity index (χ0n) is 15.4. The van der Waals surface area contributed by atoms with Crippen molar-refractivity contribution in [2.45, 2.75) is 23.6 Å². The topological polar surface area (TPSA) is 61.8 Å². The Kier molecular flexibility index (Phi) is 6.26. The smallest absolute Gasteiger partial charge is 0.308 e. The van der Waals surface area contributed by atoms with E-state index >= 15 is 0 Å². The number of benzene rings is 3. The van der Waals surface area contributed by atoms with E-state index < -0.39 is 11.9 Å². The van der Waals surface area contributed by atoms with Crippen molar-refractivity contribution in [1.82, 2.24) is 0 Å². The van der Waals surface area contributed by atoms with Gasteiger partial charge in [-0.2, -0.15) is 0 Å². The molecular formula is C21H17BrO5S. The van der Waals surface area contributed by atoms with E-state index in [0.29, 0.717) is 28.0 Å². The summed E-state index contributed by atoms with van der Waals surface area (Å²) >= 11 is 4.99. The Morgan fingerprint density at radius 3 is 2.07 bits per heavy atom. The summed E-state index contributed by atoms with van der Waals surface area (Å²) in [6.07, 6.45) is 0. The van der Waals surface area contributed by atoms with Gasteiger partial charge in [-0.25, -0.2) is 0 Å². The van der Waals surface area contributed by atoms with Crippen LogP contribution in [0.4, 0.5) is 0 Å². The lowest BCUT2D eigenvalue weighted by molar-refractivity contribution is -0.133. The van der Waals surface area contributed by atoms with Crippen LogP contribution in [0.1, 0.15) is 13.8 Å². The number of rotatable bonds is 5. The fourth-order valence-electron chi connectivity index (χ4n) is 2.66. The van der Waals surface area contributed by atoms with E-state index in [9.17, 15) is 9.59 Å². The van der Waals surface area contributed by atoms with Gasteiger partial charge in [-0.15, -0.1) is 0 Å². The average Bonchev–Trinajstić information content (AvgIpc) is 2.64. The molecule has 0 aliphatic carbocycles. The first-order valence-corrected chi connectivity index (χ1v) is 9.93. The quantitative estimate of drug-likeness (QED) is 0.364. The molecular weight excluding hydrogens is 444 g/mol. The molecule has 0 bridgehead atoms. The zero-order chi connectivity index (χ0) is 20.3. The van der Waals surface area contributed by atoms with Crippen molar-refractivity contribution in [3.8, 4) is 17.2 Å². The summed E-state index contributed by atoms with van der Waals surface area (Å²) in [4.78, 5) is 25.1. The molecule has 0 saturated carbocycles. The van der Waals surface area contributed by atoms with Gasteiger partial charge in [-0.1, -0.05) is 27.7 Å². The number of halogens is 1. The Hall–Kier alpha value is -2.51. The first-order chi connectivity index (χ1) is 13.4. The van der Waals surface area contributed by atoms with Crippen LogP contribution >= 0.6 is 27.7 Å². The molecule has 0 N–H and O–H groups in total. The summed E-state index contributed by atoms with van der Waals surface area (Å²) in [5, 5.41) is 1.26. The number of ether oxygens (including phenoxy) is 3. The summed E-state index contributed by atoms with van der Waals surface area (Å²) < 4.78 is 17.1. The minimum absolute atomic E-state index is 0.293. The van der Waals surface area contributed by atoms with E-state index in [-0.39, 0.29) is 0 Å². The maximum Gasteiger partial charge on any atom is 0.308 e. The van der Waals surface area contributed by atoms with Crippen molar-refractivity contribution in [2.75, 3.05) is 7.11 Å². The number of esters is 2. The molecule has 0 aromatic heterocycles. The third kappa shape index (κ3) is 4.66. The van der Waals surface area contributed by atoms with Crippen LogP contribution in [0.3, 0.4) is 0 Å². The largest absolute Gasteiger partial charge is 0.493 e. The summed E-state index contributed by atoms with van der Waals surface area (Å²) in [5.74, 6) is 0.0320. The second-order valence-electron chi connectivity index (χ2n) is 5.86. The molecule has 3 aromatic rings. The number of fused-ring (bicyclic) bond motifs is 1. The Morgan fingerprint density at radius 2 is 1.46 bits per heavy atom. The molecule has 144 valence electrons. The summed E-state index contributed by atoms with van der Waals surface area (Å²) in [6, 6.07) is 15.1. The molecule has 0 unspecified atom stereocenters. The van der Waals surface area contributed by atoms with Gasteiger partial charge in [0.25, 0.3) is 0 Å². The second kappa shape index (κ2) is 8.67. The zero-order valence-corrected chi connectivity index (χ0v) is 17.8. The average molecular weight is 461 g/mol. The highest BCUT2D eigenvalue weighted by atomic mass is 79.9. The first kappa shape index (κ1) is 20.2. The third-order valence-corrected chi connectivity index (χ3v) is 5.28. The standard InChI is InChI=1S/C21H17BrO5S/c1-12(23)26-19-11-20(25-3)21(27-13(2)24)17-9-8-16(10-18(17)19)28-15-6-4-14(22)5-7-15/h4-11H,1-3H3. The van der Waals surface area contributed by atoms with E-state index in [1.165, 1.54) is 21.0 Å². The lowest BCUT2D eigenvalue weighted by Gasteiger charge is -2.15. The number of carbonyl (C=O) groups is 2. The summed E-state index contributed by atoms with van der Waals surface area (Å²) in [5.41, 5.74) is 0. The fraction of sp³-hybridized carbons (Fsp3) is 0.143. The molecule has 0 heterocycles. The highest BCUT2D eigenvalue weighted by Gasteiger charge is 2.18. The summed E-state index contributed by atoms with van der Waals surface area (Å²) in [7, 11) is 1.46. The molecule has 0 atom stereocenters. The maximum absolute atomic E-state index is 11.6. The van der Waals surface area contributed by atoms with E-state index in [0.717, 1.165) is 14.3 Å². The Labute approximate surface area is 175 Å². The van der Waals surface area contributed by atoms with Crippen LogP contribution in [0.2, 0.25) is 0 Å². The van der Waals surface area contributed by atoms with Gasteiger partial charge in [0.15, 0.2) is 11.5 Å². The minimum Gasteiger partial charge on any atom is -0.493 e. The van der Waals surface area contributed by atoms with Gasteiger partial charge in [-0.05, 0) is 42.5 Å².